The maximum Gasteiger partial charge on any atom is 0.347 e. The van der Waals surface area contributed by atoms with E-state index in [4.69, 9.17) is 28.4 Å². The van der Waals surface area contributed by atoms with E-state index in [0.29, 0.717) is 28.4 Å². The monoisotopic (exact) mass is 442 g/mol. The first kappa shape index (κ1) is 22.7. The summed E-state index contributed by atoms with van der Waals surface area (Å²) in [6.07, 6.45) is 0. The van der Waals surface area contributed by atoms with E-state index in [0.717, 1.165) is 14.2 Å². The minimum atomic E-state index is -1.82. The third-order valence-electron chi connectivity index (χ3n) is 5.12. The summed E-state index contributed by atoms with van der Waals surface area (Å²) in [5.74, 6) is -1.69. The van der Waals surface area contributed by atoms with Crippen molar-refractivity contribution < 1.29 is 42.8 Å². The van der Waals surface area contributed by atoms with Gasteiger partial charge in [0.05, 0.1) is 35.5 Å². The van der Waals surface area contributed by atoms with E-state index in [1.165, 1.54) is 21.3 Å². The smallest absolute Gasteiger partial charge is 0.347 e. The van der Waals surface area contributed by atoms with Crippen LogP contribution < -0.4 is 14.2 Å². The van der Waals surface area contributed by atoms with Crippen LogP contribution in [0.25, 0.3) is 0 Å². The molecule has 3 rings (SSSR count). The summed E-state index contributed by atoms with van der Waals surface area (Å²) < 4.78 is 31.4. The molecule has 1 atom stereocenters. The van der Waals surface area contributed by atoms with Crippen LogP contribution in [0, 0.1) is 0 Å². The summed E-state index contributed by atoms with van der Waals surface area (Å²) in [6.45, 7) is 0. The Morgan fingerprint density at radius 3 is 1.88 bits per heavy atom. The van der Waals surface area contributed by atoms with Crippen molar-refractivity contribution in [2.24, 2.45) is 0 Å². The maximum atomic E-state index is 13.0. The molecule has 0 bridgehead atoms. The normalized spacial score (nSPS) is 17.5. The number of cyclic esters (lactones) is 1. The van der Waals surface area contributed by atoms with Crippen molar-refractivity contribution in [2.45, 2.75) is 5.60 Å². The first-order chi connectivity index (χ1) is 15.4. The number of carbonyl (C=O) groups is 3. The summed E-state index contributed by atoms with van der Waals surface area (Å²) in [5.41, 5.74) is -1.98. The molecule has 0 saturated heterocycles. The average molecular weight is 442 g/mol. The Bertz CT molecular complexity index is 1090. The molecule has 0 aliphatic carbocycles. The molecule has 0 fully saturated rings. The zero-order chi connectivity index (χ0) is 23.5. The number of benzene rings is 2. The molecule has 1 aliphatic heterocycles. The predicted octanol–water partition coefficient (Wildman–Crippen LogP) is 2.16. The SMILES string of the molecule is COC(=O)C1=C(C(=O)OC)C(c2ccc(OC)cc2)(c2ccc(OC)c(OC)c2)OC1=O. The van der Waals surface area contributed by atoms with Gasteiger partial charge >= 0.3 is 17.9 Å². The second kappa shape index (κ2) is 9.01. The molecule has 1 aliphatic rings. The number of esters is 3. The lowest BCUT2D eigenvalue weighted by Crippen LogP contribution is -2.34. The average Bonchev–Trinajstić information content (AvgIpc) is 3.16. The van der Waals surface area contributed by atoms with Gasteiger partial charge in [-0.2, -0.15) is 0 Å². The van der Waals surface area contributed by atoms with Gasteiger partial charge in [-0.15, -0.1) is 0 Å². The fourth-order valence-corrected chi connectivity index (χ4v) is 3.61. The van der Waals surface area contributed by atoms with Crippen molar-refractivity contribution in [2.75, 3.05) is 35.5 Å². The van der Waals surface area contributed by atoms with Gasteiger partial charge in [0, 0.05) is 11.1 Å². The largest absolute Gasteiger partial charge is 0.497 e. The van der Waals surface area contributed by atoms with Crippen molar-refractivity contribution in [3.05, 3.63) is 64.7 Å². The Morgan fingerprint density at radius 1 is 0.750 bits per heavy atom. The van der Waals surface area contributed by atoms with Crippen molar-refractivity contribution in [3.63, 3.8) is 0 Å². The zero-order valence-electron chi connectivity index (χ0n) is 18.2. The highest BCUT2D eigenvalue weighted by molar-refractivity contribution is 6.22. The van der Waals surface area contributed by atoms with E-state index < -0.39 is 29.1 Å². The first-order valence-corrected chi connectivity index (χ1v) is 9.39. The van der Waals surface area contributed by atoms with Crippen LogP contribution in [0.15, 0.2) is 53.6 Å². The Hall–Kier alpha value is -4.01. The van der Waals surface area contributed by atoms with Gasteiger partial charge in [-0.1, -0.05) is 18.2 Å². The molecule has 0 aromatic heterocycles. The molecule has 0 amide bonds. The molecule has 2 aromatic rings. The standard InChI is InChI=1S/C23H22O9/c1-27-15-9-6-13(7-10-15)23(14-8-11-16(28-2)17(12-14)29-3)19(22(26)31-5)18(20(24)30-4)21(25)32-23/h6-12H,1-5H3. The van der Waals surface area contributed by atoms with Crippen LogP contribution in [0.4, 0.5) is 0 Å². The molecule has 0 saturated carbocycles. The van der Waals surface area contributed by atoms with E-state index in [-0.39, 0.29) is 5.57 Å². The minimum Gasteiger partial charge on any atom is -0.497 e. The maximum absolute atomic E-state index is 13.0. The van der Waals surface area contributed by atoms with Crippen LogP contribution in [0.5, 0.6) is 17.2 Å². The number of rotatable bonds is 7. The van der Waals surface area contributed by atoms with Crippen LogP contribution in [-0.4, -0.2) is 53.5 Å². The van der Waals surface area contributed by atoms with Crippen LogP contribution in [-0.2, 0) is 34.2 Å². The van der Waals surface area contributed by atoms with E-state index in [1.807, 2.05) is 0 Å². The van der Waals surface area contributed by atoms with Gasteiger partial charge in [0.2, 0.25) is 0 Å². The Morgan fingerprint density at radius 2 is 1.34 bits per heavy atom. The fraction of sp³-hybridized carbons (Fsp3) is 0.261. The fourth-order valence-electron chi connectivity index (χ4n) is 3.61. The molecular weight excluding hydrogens is 420 g/mol. The lowest BCUT2D eigenvalue weighted by molar-refractivity contribution is -0.148. The van der Waals surface area contributed by atoms with Gasteiger partial charge in [0.1, 0.15) is 11.3 Å². The number of hydrogen-bond acceptors (Lipinski definition) is 9. The molecule has 9 nitrogen and oxygen atoms in total. The molecular formula is C23H22O9. The first-order valence-electron chi connectivity index (χ1n) is 9.39. The molecule has 1 heterocycles. The van der Waals surface area contributed by atoms with Crippen LogP contribution >= 0.6 is 0 Å². The Kier molecular flexibility index (Phi) is 6.38. The van der Waals surface area contributed by atoms with Gasteiger partial charge in [0.15, 0.2) is 22.7 Å². The molecule has 1 unspecified atom stereocenters. The van der Waals surface area contributed by atoms with E-state index in [1.54, 1.807) is 42.5 Å². The number of carbonyl (C=O) groups excluding carboxylic acids is 3. The quantitative estimate of drug-likeness (QED) is 0.362. The van der Waals surface area contributed by atoms with E-state index in [2.05, 4.69) is 0 Å². The van der Waals surface area contributed by atoms with Crippen molar-refractivity contribution in [1.82, 2.24) is 0 Å². The molecule has 168 valence electrons. The summed E-state index contributed by atoms with van der Waals surface area (Å²) in [6, 6.07) is 11.3. The van der Waals surface area contributed by atoms with Gasteiger partial charge in [-0.3, -0.25) is 0 Å². The summed E-state index contributed by atoms with van der Waals surface area (Å²) in [5, 5.41) is 0. The number of methoxy groups -OCH3 is 5. The van der Waals surface area contributed by atoms with Gasteiger partial charge in [-0.05, 0) is 24.3 Å². The van der Waals surface area contributed by atoms with Crippen molar-refractivity contribution in [3.8, 4) is 17.2 Å². The summed E-state index contributed by atoms with van der Waals surface area (Å²) >= 11 is 0. The Labute approximate surface area is 184 Å². The van der Waals surface area contributed by atoms with Crippen molar-refractivity contribution in [1.29, 1.82) is 0 Å². The van der Waals surface area contributed by atoms with Crippen LogP contribution in [0.3, 0.4) is 0 Å². The number of ether oxygens (including phenoxy) is 6. The van der Waals surface area contributed by atoms with Crippen molar-refractivity contribution >= 4 is 17.9 Å². The molecule has 2 aromatic carbocycles. The third-order valence-corrected chi connectivity index (χ3v) is 5.12. The van der Waals surface area contributed by atoms with Gasteiger partial charge < -0.3 is 28.4 Å². The topological polar surface area (TPSA) is 107 Å². The summed E-state index contributed by atoms with van der Waals surface area (Å²) in [7, 11) is 6.66. The van der Waals surface area contributed by atoms with Crippen LogP contribution in [0.1, 0.15) is 11.1 Å². The lowest BCUT2D eigenvalue weighted by atomic mass is 9.79. The second-order valence-corrected chi connectivity index (χ2v) is 6.60. The minimum absolute atomic E-state index is 0.311. The lowest BCUT2D eigenvalue weighted by Gasteiger charge is -2.31. The van der Waals surface area contributed by atoms with E-state index in [9.17, 15) is 14.4 Å². The summed E-state index contributed by atoms with van der Waals surface area (Å²) in [4.78, 5) is 38.3. The highest BCUT2D eigenvalue weighted by Gasteiger charge is 2.56. The highest BCUT2D eigenvalue weighted by atomic mass is 16.6. The predicted molar refractivity (Wildman–Crippen MR) is 110 cm³/mol. The second-order valence-electron chi connectivity index (χ2n) is 6.60. The molecule has 32 heavy (non-hydrogen) atoms. The molecule has 0 spiro atoms. The molecule has 0 radical (unpaired) electrons. The van der Waals surface area contributed by atoms with E-state index >= 15 is 0 Å². The van der Waals surface area contributed by atoms with Crippen LogP contribution in [0.2, 0.25) is 0 Å². The molecule has 9 heteroatoms. The highest BCUT2D eigenvalue weighted by Crippen LogP contribution is 2.49. The van der Waals surface area contributed by atoms with Gasteiger partial charge in [0.25, 0.3) is 0 Å². The zero-order valence-corrected chi connectivity index (χ0v) is 18.2. The van der Waals surface area contributed by atoms with Gasteiger partial charge in [-0.25, -0.2) is 14.4 Å². The third kappa shape index (κ3) is 3.51. The molecule has 0 N–H and O–H groups in total. The Balaban J connectivity index is 2.42. The number of hydrogen-bond donors (Lipinski definition) is 0.